The zero-order chi connectivity index (χ0) is 20.1. The van der Waals surface area contributed by atoms with E-state index in [0.717, 1.165) is 16.9 Å². The van der Waals surface area contributed by atoms with Gasteiger partial charge in [-0.1, -0.05) is 12.1 Å². The molecule has 0 atom stereocenters. The Morgan fingerprint density at radius 2 is 1.68 bits per heavy atom. The Morgan fingerprint density at radius 3 is 2.29 bits per heavy atom. The van der Waals surface area contributed by atoms with Crippen LogP contribution in [-0.2, 0) is 0 Å². The van der Waals surface area contributed by atoms with Gasteiger partial charge in [0.15, 0.2) is 0 Å². The number of hydrogen-bond acceptors (Lipinski definition) is 6. The Morgan fingerprint density at radius 1 is 0.964 bits per heavy atom. The summed E-state index contributed by atoms with van der Waals surface area (Å²) in [6.07, 6.45) is 0. The van der Waals surface area contributed by atoms with Gasteiger partial charge in [-0.05, 0) is 48.9 Å². The highest BCUT2D eigenvalue weighted by Gasteiger charge is 2.16. The van der Waals surface area contributed by atoms with E-state index in [1.54, 1.807) is 20.3 Å². The van der Waals surface area contributed by atoms with Gasteiger partial charge in [0.2, 0.25) is 0 Å². The van der Waals surface area contributed by atoms with Crippen LogP contribution < -0.4 is 19.9 Å². The molecule has 0 saturated carbocycles. The Hall–Kier alpha value is -3.72. The van der Waals surface area contributed by atoms with Crippen LogP contribution in [0.15, 0.2) is 48.5 Å². The standard InChI is InChI=1S/C22H21N3O3/c1-4-28-15-7-5-14(6-8-15)17-12-20(25-22(24)19(17)13-23)18-11-16(26-2)9-10-21(18)27-3/h5-12H,4H2,1-3H3,(H2,24,25). The van der Waals surface area contributed by atoms with Crippen LogP contribution in [0.1, 0.15) is 12.5 Å². The summed E-state index contributed by atoms with van der Waals surface area (Å²) in [5.74, 6) is 2.23. The third-order valence-electron chi connectivity index (χ3n) is 4.32. The number of aromatic nitrogens is 1. The topological polar surface area (TPSA) is 90.4 Å². The fourth-order valence-corrected chi connectivity index (χ4v) is 2.96. The van der Waals surface area contributed by atoms with Crippen molar-refractivity contribution in [1.29, 1.82) is 5.26 Å². The first-order valence-electron chi connectivity index (χ1n) is 8.77. The molecule has 6 nitrogen and oxygen atoms in total. The molecule has 3 rings (SSSR count). The number of ether oxygens (including phenoxy) is 3. The van der Waals surface area contributed by atoms with Gasteiger partial charge in [0.25, 0.3) is 0 Å². The lowest BCUT2D eigenvalue weighted by molar-refractivity contribution is 0.340. The number of nitrogens with two attached hydrogens (primary N) is 1. The molecule has 0 aliphatic rings. The summed E-state index contributed by atoms with van der Waals surface area (Å²) in [4.78, 5) is 4.43. The summed E-state index contributed by atoms with van der Waals surface area (Å²) in [6, 6.07) is 17.0. The number of hydrogen-bond donors (Lipinski definition) is 1. The van der Waals surface area contributed by atoms with Gasteiger partial charge in [0.1, 0.15) is 34.7 Å². The fraction of sp³-hybridized carbons (Fsp3) is 0.182. The molecule has 1 aromatic heterocycles. The second kappa shape index (κ2) is 8.31. The summed E-state index contributed by atoms with van der Waals surface area (Å²) < 4.78 is 16.3. The van der Waals surface area contributed by atoms with E-state index >= 15 is 0 Å². The molecule has 0 aliphatic heterocycles. The molecule has 6 heteroatoms. The summed E-state index contributed by atoms with van der Waals surface area (Å²) in [7, 11) is 3.18. The Labute approximate surface area is 164 Å². The van der Waals surface area contributed by atoms with Crippen molar-refractivity contribution < 1.29 is 14.2 Å². The number of nitrogen functional groups attached to an aromatic ring is 1. The van der Waals surface area contributed by atoms with E-state index in [-0.39, 0.29) is 5.82 Å². The Kier molecular flexibility index (Phi) is 5.66. The van der Waals surface area contributed by atoms with Gasteiger partial charge in [-0.15, -0.1) is 0 Å². The maximum atomic E-state index is 9.60. The number of rotatable bonds is 6. The molecular weight excluding hydrogens is 354 g/mol. The van der Waals surface area contributed by atoms with Gasteiger partial charge in [0, 0.05) is 11.1 Å². The van der Waals surface area contributed by atoms with E-state index in [1.165, 1.54) is 0 Å². The average molecular weight is 375 g/mol. The van der Waals surface area contributed by atoms with E-state index < -0.39 is 0 Å². The van der Waals surface area contributed by atoms with Crippen LogP contribution in [0.3, 0.4) is 0 Å². The van der Waals surface area contributed by atoms with E-state index in [9.17, 15) is 5.26 Å². The van der Waals surface area contributed by atoms with Crippen molar-refractivity contribution in [2.75, 3.05) is 26.6 Å². The first-order chi connectivity index (χ1) is 13.6. The molecule has 28 heavy (non-hydrogen) atoms. The van der Waals surface area contributed by atoms with Crippen LogP contribution in [0.25, 0.3) is 22.4 Å². The molecule has 0 fully saturated rings. The van der Waals surface area contributed by atoms with Gasteiger partial charge < -0.3 is 19.9 Å². The lowest BCUT2D eigenvalue weighted by atomic mass is 9.98. The summed E-state index contributed by atoms with van der Waals surface area (Å²) in [6.45, 7) is 2.52. The molecule has 0 unspecified atom stereocenters. The van der Waals surface area contributed by atoms with E-state index in [2.05, 4.69) is 11.1 Å². The minimum absolute atomic E-state index is 0.161. The smallest absolute Gasteiger partial charge is 0.142 e. The van der Waals surface area contributed by atoms with Crippen molar-refractivity contribution in [3.8, 4) is 45.7 Å². The van der Waals surface area contributed by atoms with Crippen molar-refractivity contribution in [2.45, 2.75) is 6.92 Å². The third kappa shape index (κ3) is 3.69. The van der Waals surface area contributed by atoms with Crippen LogP contribution in [0.2, 0.25) is 0 Å². The van der Waals surface area contributed by atoms with Crippen LogP contribution in [0.4, 0.5) is 5.82 Å². The Balaban J connectivity index is 2.18. The van der Waals surface area contributed by atoms with Crippen molar-refractivity contribution in [3.63, 3.8) is 0 Å². The van der Waals surface area contributed by atoms with Crippen LogP contribution in [0, 0.1) is 11.3 Å². The minimum Gasteiger partial charge on any atom is -0.497 e. The largest absolute Gasteiger partial charge is 0.497 e. The highest BCUT2D eigenvalue weighted by molar-refractivity contribution is 5.82. The molecule has 2 aromatic carbocycles. The predicted octanol–water partition coefficient (Wildman–Crippen LogP) is 4.29. The molecule has 3 aromatic rings. The Bertz CT molecular complexity index is 1020. The second-order valence-corrected chi connectivity index (χ2v) is 5.95. The summed E-state index contributed by atoms with van der Waals surface area (Å²) in [5.41, 5.74) is 9.30. The number of nitriles is 1. The van der Waals surface area contributed by atoms with Crippen molar-refractivity contribution in [2.24, 2.45) is 0 Å². The average Bonchev–Trinajstić information content (AvgIpc) is 2.73. The summed E-state index contributed by atoms with van der Waals surface area (Å²) in [5, 5.41) is 9.60. The van der Waals surface area contributed by atoms with Gasteiger partial charge >= 0.3 is 0 Å². The molecule has 0 aliphatic carbocycles. The van der Waals surface area contributed by atoms with Gasteiger partial charge in [0.05, 0.1) is 26.5 Å². The lowest BCUT2D eigenvalue weighted by Crippen LogP contribution is -2.01. The quantitative estimate of drug-likeness (QED) is 0.691. The SMILES string of the molecule is CCOc1ccc(-c2cc(-c3cc(OC)ccc3OC)nc(N)c2C#N)cc1. The number of nitrogens with zero attached hydrogens (tertiary/aromatic N) is 2. The third-order valence-corrected chi connectivity index (χ3v) is 4.32. The van der Waals surface area contributed by atoms with Gasteiger partial charge in [-0.25, -0.2) is 4.98 Å². The first kappa shape index (κ1) is 19.1. The van der Waals surface area contributed by atoms with Crippen molar-refractivity contribution in [1.82, 2.24) is 4.98 Å². The number of pyridine rings is 1. The van der Waals surface area contributed by atoms with Crippen LogP contribution >= 0.6 is 0 Å². The molecule has 2 N–H and O–H groups in total. The van der Waals surface area contributed by atoms with Crippen LogP contribution in [0.5, 0.6) is 17.2 Å². The maximum Gasteiger partial charge on any atom is 0.142 e. The monoisotopic (exact) mass is 375 g/mol. The highest BCUT2D eigenvalue weighted by Crippen LogP contribution is 2.37. The lowest BCUT2D eigenvalue weighted by Gasteiger charge is -2.14. The van der Waals surface area contributed by atoms with Crippen molar-refractivity contribution >= 4 is 5.82 Å². The van der Waals surface area contributed by atoms with Gasteiger partial charge in [-0.3, -0.25) is 0 Å². The molecular formula is C22H21N3O3. The van der Waals surface area contributed by atoms with E-state index in [1.807, 2.05) is 49.4 Å². The number of anilines is 1. The van der Waals surface area contributed by atoms with Gasteiger partial charge in [-0.2, -0.15) is 5.26 Å². The normalized spacial score (nSPS) is 10.2. The molecule has 142 valence electrons. The number of benzene rings is 2. The molecule has 0 bridgehead atoms. The molecule has 0 spiro atoms. The zero-order valence-corrected chi connectivity index (χ0v) is 16.0. The second-order valence-electron chi connectivity index (χ2n) is 5.95. The zero-order valence-electron chi connectivity index (χ0n) is 16.0. The molecule has 0 saturated heterocycles. The molecule has 0 amide bonds. The fourth-order valence-electron chi connectivity index (χ4n) is 2.96. The van der Waals surface area contributed by atoms with Crippen molar-refractivity contribution in [3.05, 3.63) is 54.1 Å². The summed E-state index contributed by atoms with van der Waals surface area (Å²) >= 11 is 0. The molecule has 1 heterocycles. The minimum atomic E-state index is 0.161. The van der Waals surface area contributed by atoms with Crippen LogP contribution in [-0.4, -0.2) is 25.8 Å². The number of methoxy groups -OCH3 is 2. The van der Waals surface area contributed by atoms with E-state index in [4.69, 9.17) is 19.9 Å². The highest BCUT2D eigenvalue weighted by atomic mass is 16.5. The predicted molar refractivity (Wildman–Crippen MR) is 109 cm³/mol. The first-order valence-corrected chi connectivity index (χ1v) is 8.77. The maximum absolute atomic E-state index is 9.60. The molecule has 0 radical (unpaired) electrons. The van der Waals surface area contributed by atoms with E-state index in [0.29, 0.717) is 34.9 Å².